The molecule has 0 spiro atoms. The smallest absolute Gasteiger partial charge is 0.167 e. The number of fused-ring (bicyclic) bond motifs is 1. The molecule has 5 rings (SSSR count). The third-order valence-electron chi connectivity index (χ3n) is 6.08. The molecule has 2 aliphatic rings. The highest BCUT2D eigenvalue weighted by Gasteiger charge is 2.21. The molecule has 2 saturated heterocycles. The van der Waals surface area contributed by atoms with Gasteiger partial charge in [0, 0.05) is 25.3 Å². The first-order valence-electron chi connectivity index (χ1n) is 11.2. The summed E-state index contributed by atoms with van der Waals surface area (Å²) >= 11 is 0. The van der Waals surface area contributed by atoms with E-state index >= 15 is 0 Å². The van der Waals surface area contributed by atoms with Crippen LogP contribution in [0.5, 0.6) is 5.75 Å². The molecule has 4 heterocycles. The van der Waals surface area contributed by atoms with E-state index in [1.165, 1.54) is 25.3 Å². The van der Waals surface area contributed by atoms with Gasteiger partial charge in [0.1, 0.15) is 12.8 Å². The summed E-state index contributed by atoms with van der Waals surface area (Å²) in [4.78, 5) is 10.1. The Labute approximate surface area is 180 Å². The average Bonchev–Trinajstić information content (AvgIpc) is 3.38. The number of nitrogen functional groups attached to an aromatic ring is 1. The molecule has 0 bridgehead atoms. The molecule has 1 atom stereocenters. The van der Waals surface area contributed by atoms with Crippen LogP contribution in [0.2, 0.25) is 0 Å². The van der Waals surface area contributed by atoms with Crippen molar-refractivity contribution in [3.63, 3.8) is 0 Å². The zero-order valence-corrected chi connectivity index (χ0v) is 17.6. The third-order valence-corrected chi connectivity index (χ3v) is 6.08. The lowest BCUT2D eigenvalue weighted by molar-refractivity contribution is -0.0393. The minimum Gasteiger partial charge on any atom is -0.489 e. The predicted molar refractivity (Wildman–Crippen MR) is 116 cm³/mol. The van der Waals surface area contributed by atoms with Gasteiger partial charge in [-0.1, -0.05) is 6.42 Å². The molecule has 0 radical (unpaired) electrons. The number of nitrogens with one attached hydrogen (secondary N) is 1. The van der Waals surface area contributed by atoms with E-state index in [9.17, 15) is 4.39 Å². The van der Waals surface area contributed by atoms with Gasteiger partial charge in [0.25, 0.3) is 0 Å². The number of anilines is 1. The van der Waals surface area contributed by atoms with Crippen molar-refractivity contribution in [2.75, 3.05) is 38.6 Å². The SMILES string of the molecule is Nc1cn(C2CCCCO2)nc1-c1nc2cc(OCCN3CCCCC3)c(F)cc2[nH]1. The zero-order valence-electron chi connectivity index (χ0n) is 17.6. The number of imidazole rings is 1. The molecule has 2 aromatic heterocycles. The second-order valence-corrected chi connectivity index (χ2v) is 8.37. The maximum absolute atomic E-state index is 14.6. The van der Waals surface area contributed by atoms with Gasteiger partial charge in [-0.15, -0.1) is 0 Å². The van der Waals surface area contributed by atoms with Crippen LogP contribution in [0.1, 0.15) is 44.8 Å². The van der Waals surface area contributed by atoms with E-state index < -0.39 is 5.82 Å². The summed E-state index contributed by atoms with van der Waals surface area (Å²) in [5.74, 6) is 0.319. The Balaban J connectivity index is 1.32. The third kappa shape index (κ3) is 4.38. The summed E-state index contributed by atoms with van der Waals surface area (Å²) in [6.07, 6.45) is 8.48. The summed E-state index contributed by atoms with van der Waals surface area (Å²) in [7, 11) is 0. The summed E-state index contributed by atoms with van der Waals surface area (Å²) in [5, 5.41) is 4.59. The normalized spacial score (nSPS) is 20.4. The maximum atomic E-state index is 14.6. The summed E-state index contributed by atoms with van der Waals surface area (Å²) < 4.78 is 27.9. The van der Waals surface area contributed by atoms with Crippen LogP contribution in [0.15, 0.2) is 18.3 Å². The van der Waals surface area contributed by atoms with Crippen LogP contribution in [-0.4, -0.2) is 57.5 Å². The van der Waals surface area contributed by atoms with Crippen molar-refractivity contribution in [2.24, 2.45) is 0 Å². The number of piperidine rings is 1. The molecule has 8 nitrogen and oxygen atoms in total. The lowest BCUT2D eigenvalue weighted by Gasteiger charge is -2.26. The fourth-order valence-corrected chi connectivity index (χ4v) is 4.37. The fraction of sp³-hybridized carbons (Fsp3) is 0.545. The Kier molecular flexibility index (Phi) is 5.78. The van der Waals surface area contributed by atoms with Crippen LogP contribution in [0.3, 0.4) is 0 Å². The molecule has 31 heavy (non-hydrogen) atoms. The second-order valence-electron chi connectivity index (χ2n) is 8.37. The number of ether oxygens (including phenoxy) is 2. The van der Waals surface area contributed by atoms with Crippen LogP contribution < -0.4 is 10.5 Å². The highest BCUT2D eigenvalue weighted by atomic mass is 19.1. The van der Waals surface area contributed by atoms with Crippen molar-refractivity contribution in [3.05, 3.63) is 24.1 Å². The van der Waals surface area contributed by atoms with Crippen LogP contribution in [-0.2, 0) is 4.74 Å². The number of halogens is 1. The van der Waals surface area contributed by atoms with Crippen LogP contribution >= 0.6 is 0 Å². The average molecular weight is 429 g/mol. The van der Waals surface area contributed by atoms with Crippen molar-refractivity contribution in [3.8, 4) is 17.3 Å². The van der Waals surface area contributed by atoms with E-state index in [1.807, 2.05) is 0 Å². The predicted octanol–water partition coefficient (Wildman–Crippen LogP) is 3.71. The minimum atomic E-state index is -0.407. The van der Waals surface area contributed by atoms with Gasteiger partial charge in [-0.05, 0) is 45.2 Å². The van der Waals surface area contributed by atoms with E-state index in [2.05, 4.69) is 20.0 Å². The minimum absolute atomic E-state index is 0.105. The van der Waals surface area contributed by atoms with Crippen molar-refractivity contribution >= 4 is 16.7 Å². The fourth-order valence-electron chi connectivity index (χ4n) is 4.37. The number of nitrogens with two attached hydrogens (primary N) is 1. The maximum Gasteiger partial charge on any atom is 0.167 e. The van der Waals surface area contributed by atoms with E-state index in [0.717, 1.165) is 45.5 Å². The number of likely N-dealkylation sites (tertiary alicyclic amines) is 1. The largest absolute Gasteiger partial charge is 0.489 e. The molecule has 0 amide bonds. The number of hydrogen-bond acceptors (Lipinski definition) is 6. The molecule has 0 aliphatic carbocycles. The quantitative estimate of drug-likeness (QED) is 0.622. The Bertz CT molecular complexity index is 1040. The number of aromatic amines is 1. The van der Waals surface area contributed by atoms with Crippen molar-refractivity contribution in [1.29, 1.82) is 0 Å². The zero-order chi connectivity index (χ0) is 21.2. The summed E-state index contributed by atoms with van der Waals surface area (Å²) in [6, 6.07) is 3.05. The van der Waals surface area contributed by atoms with Crippen molar-refractivity contribution < 1.29 is 13.9 Å². The number of nitrogens with zero attached hydrogens (tertiary/aromatic N) is 4. The first-order valence-corrected chi connectivity index (χ1v) is 11.2. The topological polar surface area (TPSA) is 94.2 Å². The number of hydrogen-bond donors (Lipinski definition) is 2. The highest BCUT2D eigenvalue weighted by molar-refractivity contribution is 5.82. The molecule has 2 fully saturated rings. The van der Waals surface area contributed by atoms with E-state index in [-0.39, 0.29) is 12.0 Å². The van der Waals surface area contributed by atoms with Gasteiger partial charge in [0.2, 0.25) is 0 Å². The summed E-state index contributed by atoms with van der Waals surface area (Å²) in [5.41, 5.74) is 8.44. The first-order chi connectivity index (χ1) is 15.2. The highest BCUT2D eigenvalue weighted by Crippen LogP contribution is 2.30. The Morgan fingerprint density at radius 3 is 2.87 bits per heavy atom. The Hall–Kier alpha value is -2.65. The van der Waals surface area contributed by atoms with E-state index in [4.69, 9.17) is 15.2 Å². The Morgan fingerprint density at radius 1 is 1.19 bits per heavy atom. The number of aromatic nitrogens is 4. The van der Waals surface area contributed by atoms with E-state index in [1.54, 1.807) is 16.9 Å². The van der Waals surface area contributed by atoms with Crippen LogP contribution in [0, 0.1) is 5.82 Å². The first kappa shape index (κ1) is 20.3. The molecular weight excluding hydrogens is 399 g/mol. The van der Waals surface area contributed by atoms with Gasteiger partial charge in [-0.2, -0.15) is 5.10 Å². The lowest BCUT2D eigenvalue weighted by Crippen LogP contribution is -2.33. The Morgan fingerprint density at radius 2 is 2.06 bits per heavy atom. The molecule has 2 aliphatic heterocycles. The van der Waals surface area contributed by atoms with Gasteiger partial charge in [0.05, 0.1) is 22.9 Å². The van der Waals surface area contributed by atoms with Crippen LogP contribution in [0.4, 0.5) is 10.1 Å². The number of H-pyrrole nitrogens is 1. The van der Waals surface area contributed by atoms with Gasteiger partial charge >= 0.3 is 0 Å². The number of benzene rings is 1. The van der Waals surface area contributed by atoms with Crippen molar-refractivity contribution in [1.82, 2.24) is 24.6 Å². The molecular formula is C22H29FN6O2. The van der Waals surface area contributed by atoms with Gasteiger partial charge < -0.3 is 20.2 Å². The molecule has 166 valence electrons. The number of rotatable bonds is 6. The van der Waals surface area contributed by atoms with Gasteiger partial charge in [-0.3, -0.25) is 4.90 Å². The molecule has 3 N–H and O–H groups in total. The molecule has 3 aromatic rings. The molecule has 1 unspecified atom stereocenters. The van der Waals surface area contributed by atoms with Gasteiger partial charge in [-0.25, -0.2) is 14.1 Å². The van der Waals surface area contributed by atoms with Crippen LogP contribution in [0.25, 0.3) is 22.6 Å². The van der Waals surface area contributed by atoms with Crippen molar-refractivity contribution in [2.45, 2.75) is 44.8 Å². The summed E-state index contributed by atoms with van der Waals surface area (Å²) in [6.45, 7) is 4.17. The molecule has 9 heteroatoms. The second kappa shape index (κ2) is 8.84. The molecule has 1 aromatic carbocycles. The lowest BCUT2D eigenvalue weighted by atomic mass is 10.1. The van der Waals surface area contributed by atoms with E-state index in [0.29, 0.717) is 34.8 Å². The standard InChI is InChI=1S/C22H29FN6O2/c23-15-12-17-18(13-19(15)30-11-9-28-7-3-1-4-8-28)26-22(25-17)21-16(24)14-29(27-21)20-6-2-5-10-31-20/h12-14,20H,1-11,24H2,(H,25,26). The monoisotopic (exact) mass is 428 g/mol. The van der Waals surface area contributed by atoms with Gasteiger partial charge in [0.15, 0.2) is 23.1 Å². The molecule has 0 saturated carbocycles.